The van der Waals surface area contributed by atoms with Gasteiger partial charge in [0.2, 0.25) is 5.95 Å². The first-order chi connectivity index (χ1) is 9.58. The van der Waals surface area contributed by atoms with Crippen LogP contribution >= 0.6 is 0 Å². The number of benzene rings is 1. The summed E-state index contributed by atoms with van der Waals surface area (Å²) in [6.45, 7) is 9.20. The third kappa shape index (κ3) is 3.70. The van der Waals surface area contributed by atoms with Crippen molar-refractivity contribution >= 4 is 17.5 Å². The van der Waals surface area contributed by atoms with Gasteiger partial charge < -0.3 is 10.6 Å². The molecule has 0 unspecified atom stereocenters. The standard InChI is InChI=1S/C16H22N4/c1-5-8-17-15-10-13(4)18-16(20-15)19-14-7-6-11(2)9-12(14)3/h6-7,9-10H,5,8H2,1-4H3,(H2,17,18,19,20). The van der Waals surface area contributed by atoms with Gasteiger partial charge in [-0.25, -0.2) is 4.98 Å². The molecule has 0 amide bonds. The Morgan fingerprint density at radius 1 is 1.05 bits per heavy atom. The molecule has 20 heavy (non-hydrogen) atoms. The van der Waals surface area contributed by atoms with Crippen molar-refractivity contribution in [3.8, 4) is 0 Å². The van der Waals surface area contributed by atoms with E-state index in [1.807, 2.05) is 13.0 Å². The highest BCUT2D eigenvalue weighted by atomic mass is 15.1. The SMILES string of the molecule is CCCNc1cc(C)nc(Nc2ccc(C)cc2C)n1. The minimum Gasteiger partial charge on any atom is -0.370 e. The van der Waals surface area contributed by atoms with Crippen molar-refractivity contribution in [2.24, 2.45) is 0 Å². The number of hydrogen-bond donors (Lipinski definition) is 2. The summed E-state index contributed by atoms with van der Waals surface area (Å²) >= 11 is 0. The maximum atomic E-state index is 4.50. The van der Waals surface area contributed by atoms with Crippen molar-refractivity contribution in [3.63, 3.8) is 0 Å². The molecule has 1 aromatic carbocycles. The number of nitrogens with one attached hydrogen (secondary N) is 2. The summed E-state index contributed by atoms with van der Waals surface area (Å²) in [7, 11) is 0. The molecule has 2 rings (SSSR count). The lowest BCUT2D eigenvalue weighted by atomic mass is 10.1. The summed E-state index contributed by atoms with van der Waals surface area (Å²) < 4.78 is 0. The van der Waals surface area contributed by atoms with E-state index in [2.05, 4.69) is 59.6 Å². The average molecular weight is 270 g/mol. The molecule has 0 fully saturated rings. The minimum absolute atomic E-state index is 0.635. The van der Waals surface area contributed by atoms with Crippen LogP contribution in [0, 0.1) is 20.8 Å². The number of aryl methyl sites for hydroxylation is 3. The lowest BCUT2D eigenvalue weighted by Gasteiger charge is -2.11. The van der Waals surface area contributed by atoms with Crippen molar-refractivity contribution in [3.05, 3.63) is 41.1 Å². The molecule has 1 heterocycles. The number of rotatable bonds is 5. The molecule has 4 nitrogen and oxygen atoms in total. The van der Waals surface area contributed by atoms with Gasteiger partial charge in [0.05, 0.1) is 0 Å². The minimum atomic E-state index is 0.635. The molecule has 0 aliphatic heterocycles. The Labute approximate surface area is 120 Å². The molecule has 106 valence electrons. The lowest BCUT2D eigenvalue weighted by Crippen LogP contribution is -2.06. The maximum absolute atomic E-state index is 4.50. The van der Waals surface area contributed by atoms with Crippen molar-refractivity contribution in [1.82, 2.24) is 9.97 Å². The predicted molar refractivity (Wildman–Crippen MR) is 84.7 cm³/mol. The number of nitrogens with zero attached hydrogens (tertiary/aromatic N) is 2. The second-order valence-corrected chi connectivity index (χ2v) is 5.09. The van der Waals surface area contributed by atoms with Crippen molar-refractivity contribution in [2.75, 3.05) is 17.2 Å². The first-order valence-electron chi connectivity index (χ1n) is 7.02. The van der Waals surface area contributed by atoms with Gasteiger partial charge in [0.25, 0.3) is 0 Å². The number of anilines is 3. The molecule has 2 N–H and O–H groups in total. The molecular weight excluding hydrogens is 248 g/mol. The zero-order valence-corrected chi connectivity index (χ0v) is 12.6. The smallest absolute Gasteiger partial charge is 0.229 e. The van der Waals surface area contributed by atoms with Crippen LogP contribution in [0.4, 0.5) is 17.5 Å². The maximum Gasteiger partial charge on any atom is 0.229 e. The summed E-state index contributed by atoms with van der Waals surface area (Å²) in [5, 5.41) is 6.59. The van der Waals surface area contributed by atoms with E-state index in [0.717, 1.165) is 30.2 Å². The Hall–Kier alpha value is -2.10. The molecule has 0 saturated heterocycles. The summed E-state index contributed by atoms with van der Waals surface area (Å²) in [5.41, 5.74) is 4.44. The zero-order valence-electron chi connectivity index (χ0n) is 12.6. The Morgan fingerprint density at radius 2 is 1.85 bits per heavy atom. The van der Waals surface area contributed by atoms with Crippen LogP contribution < -0.4 is 10.6 Å². The van der Waals surface area contributed by atoms with Crippen molar-refractivity contribution in [1.29, 1.82) is 0 Å². The quantitative estimate of drug-likeness (QED) is 0.863. The Kier molecular flexibility index (Phi) is 4.56. The second kappa shape index (κ2) is 6.37. The highest BCUT2D eigenvalue weighted by Crippen LogP contribution is 2.20. The van der Waals surface area contributed by atoms with E-state index in [9.17, 15) is 0 Å². The third-order valence-electron chi connectivity index (χ3n) is 3.04. The van der Waals surface area contributed by atoms with Gasteiger partial charge in [-0.2, -0.15) is 4.98 Å². The van der Waals surface area contributed by atoms with Crippen molar-refractivity contribution < 1.29 is 0 Å². The summed E-state index contributed by atoms with van der Waals surface area (Å²) in [4.78, 5) is 8.94. The van der Waals surface area contributed by atoms with Gasteiger partial charge in [-0.05, 0) is 38.8 Å². The van der Waals surface area contributed by atoms with E-state index in [-0.39, 0.29) is 0 Å². The fourth-order valence-corrected chi connectivity index (χ4v) is 2.04. The first-order valence-corrected chi connectivity index (χ1v) is 7.02. The molecule has 0 radical (unpaired) electrons. The van der Waals surface area contributed by atoms with Crippen LogP contribution in [0.2, 0.25) is 0 Å². The Bertz CT molecular complexity index is 593. The monoisotopic (exact) mass is 270 g/mol. The first kappa shape index (κ1) is 14.3. The second-order valence-electron chi connectivity index (χ2n) is 5.09. The Balaban J connectivity index is 2.21. The lowest BCUT2D eigenvalue weighted by molar-refractivity contribution is 0.962. The number of hydrogen-bond acceptors (Lipinski definition) is 4. The Morgan fingerprint density at radius 3 is 2.55 bits per heavy atom. The van der Waals surface area contributed by atoms with Gasteiger partial charge in [-0.3, -0.25) is 0 Å². The molecule has 0 spiro atoms. The van der Waals surface area contributed by atoms with E-state index in [1.54, 1.807) is 0 Å². The zero-order chi connectivity index (χ0) is 14.5. The molecule has 0 saturated carbocycles. The van der Waals surface area contributed by atoms with E-state index < -0.39 is 0 Å². The molecule has 0 aliphatic rings. The average Bonchev–Trinajstić information content (AvgIpc) is 2.39. The van der Waals surface area contributed by atoms with Crippen LogP contribution in [0.1, 0.15) is 30.2 Å². The van der Waals surface area contributed by atoms with Gasteiger partial charge in [-0.15, -0.1) is 0 Å². The van der Waals surface area contributed by atoms with Crippen LogP contribution in [0.15, 0.2) is 24.3 Å². The molecule has 1 aromatic heterocycles. The fraction of sp³-hybridized carbons (Fsp3) is 0.375. The fourth-order valence-electron chi connectivity index (χ4n) is 2.04. The van der Waals surface area contributed by atoms with Crippen LogP contribution in [-0.2, 0) is 0 Å². The highest BCUT2D eigenvalue weighted by molar-refractivity contribution is 5.60. The molecule has 0 aliphatic carbocycles. The number of aromatic nitrogens is 2. The molecule has 4 heteroatoms. The van der Waals surface area contributed by atoms with E-state index in [0.29, 0.717) is 5.95 Å². The highest BCUT2D eigenvalue weighted by Gasteiger charge is 2.04. The van der Waals surface area contributed by atoms with Gasteiger partial charge in [-0.1, -0.05) is 24.6 Å². The van der Waals surface area contributed by atoms with Gasteiger partial charge in [0, 0.05) is 24.0 Å². The van der Waals surface area contributed by atoms with E-state index in [4.69, 9.17) is 0 Å². The van der Waals surface area contributed by atoms with Crippen LogP contribution in [-0.4, -0.2) is 16.5 Å². The summed E-state index contributed by atoms with van der Waals surface area (Å²) in [6, 6.07) is 8.26. The topological polar surface area (TPSA) is 49.8 Å². The normalized spacial score (nSPS) is 10.4. The molecule has 2 aromatic rings. The van der Waals surface area contributed by atoms with Gasteiger partial charge >= 0.3 is 0 Å². The van der Waals surface area contributed by atoms with Crippen molar-refractivity contribution in [2.45, 2.75) is 34.1 Å². The van der Waals surface area contributed by atoms with Crippen LogP contribution in [0.5, 0.6) is 0 Å². The third-order valence-corrected chi connectivity index (χ3v) is 3.04. The van der Waals surface area contributed by atoms with Gasteiger partial charge in [0.15, 0.2) is 0 Å². The predicted octanol–water partition coefficient (Wildman–Crippen LogP) is 3.97. The largest absolute Gasteiger partial charge is 0.370 e. The summed E-state index contributed by atoms with van der Waals surface area (Å²) in [5.74, 6) is 1.50. The van der Waals surface area contributed by atoms with Crippen LogP contribution in [0.3, 0.4) is 0 Å². The molecule has 0 atom stereocenters. The van der Waals surface area contributed by atoms with Crippen LogP contribution in [0.25, 0.3) is 0 Å². The van der Waals surface area contributed by atoms with Gasteiger partial charge in [0.1, 0.15) is 5.82 Å². The molecule has 0 bridgehead atoms. The summed E-state index contributed by atoms with van der Waals surface area (Å²) in [6.07, 6.45) is 1.07. The molecular formula is C16H22N4. The van der Waals surface area contributed by atoms with E-state index in [1.165, 1.54) is 11.1 Å². The van der Waals surface area contributed by atoms with E-state index >= 15 is 0 Å².